The number of aromatic amines is 3. The number of carbonyl (C=O) groups excluding carboxylic acids is 1. The van der Waals surface area contributed by atoms with Crippen LogP contribution in [0.3, 0.4) is 0 Å². The normalized spacial score (nSPS) is 12.3. The number of ether oxygens (including phenoxy) is 1. The predicted molar refractivity (Wildman–Crippen MR) is 330 cm³/mol. The number of amides is 1. The fourth-order valence-corrected chi connectivity index (χ4v) is 11.6. The molecule has 0 spiro atoms. The van der Waals surface area contributed by atoms with Gasteiger partial charge < -0.3 is 30.1 Å². The zero-order chi connectivity index (χ0) is 55.7. The van der Waals surface area contributed by atoms with E-state index in [1.54, 1.807) is 44.3 Å². The maximum Gasteiger partial charge on any atom is 0.224 e. The van der Waals surface area contributed by atoms with Crippen LogP contribution in [0.25, 0.3) is 123 Å². The predicted octanol–water partition coefficient (Wildman–Crippen LogP) is 14.8. The standard InChI is InChI=1S/C68H57N11O3/c1-41-51-40-79(38-29-49(51)42(2)68-63(41)50-39-48(82-3)13-14-52(50)78-68)37-5-4-7-61(80)72-30-6-8-62(81)73-47-11-9-43(10-12-47)64-53-15-17-55(74-53)65(44-23-31-69-32-24-44)57-19-21-59(76-57)67(46-27-35-71-36-28-46)60-22-20-58(77-60)66(45-25-33-70-34-26-45)56-18-16-54(64)75-56/h9-29,31-36,38-40H,4-8,30,37H2,1-3H3,(H4,69,70,71,72,73,74,75,76,77,80,81)/p+1. The van der Waals surface area contributed by atoms with Gasteiger partial charge in [0.15, 0.2) is 18.3 Å². The number of nitrogens with one attached hydrogen (secondary N) is 4. The fourth-order valence-electron chi connectivity index (χ4n) is 11.6. The number of aliphatic imine (C=N–C) groups is 1. The Morgan fingerprint density at radius 3 is 1.70 bits per heavy atom. The number of benzene rings is 3. The van der Waals surface area contributed by atoms with Gasteiger partial charge in [-0.1, -0.05) is 12.1 Å². The van der Waals surface area contributed by atoms with E-state index in [1.807, 2.05) is 72.8 Å². The van der Waals surface area contributed by atoms with E-state index in [-0.39, 0.29) is 18.2 Å². The Morgan fingerprint density at radius 2 is 1.10 bits per heavy atom. The van der Waals surface area contributed by atoms with Crippen molar-refractivity contribution >= 4 is 96.4 Å². The molecule has 0 radical (unpaired) electrons. The van der Waals surface area contributed by atoms with Gasteiger partial charge in [-0.25, -0.2) is 14.5 Å². The number of nitrogens with zero attached hydrogens (tertiary/aromatic N) is 7. The van der Waals surface area contributed by atoms with Crippen molar-refractivity contribution in [1.29, 1.82) is 0 Å². The van der Waals surface area contributed by atoms with Crippen LogP contribution in [0, 0.1) is 13.8 Å². The number of hydrogen-bond donors (Lipinski definition) is 5. The lowest BCUT2D eigenvalue weighted by molar-refractivity contribution is -0.696. The molecule has 0 unspecified atom stereocenters. The molecule has 14 heteroatoms. The summed E-state index contributed by atoms with van der Waals surface area (Å²) in [5.74, 6) is 0.832. The molecule has 13 rings (SSSR count). The first-order chi connectivity index (χ1) is 40.2. The second-order valence-corrected chi connectivity index (χ2v) is 20.7. The summed E-state index contributed by atoms with van der Waals surface area (Å²) in [5, 5.41) is 18.6. The first kappa shape index (κ1) is 51.1. The van der Waals surface area contributed by atoms with E-state index < -0.39 is 0 Å². The van der Waals surface area contributed by atoms with Crippen molar-refractivity contribution in [3.8, 4) is 50.3 Å². The van der Waals surface area contributed by atoms with Gasteiger partial charge in [0.2, 0.25) is 5.91 Å². The van der Waals surface area contributed by atoms with Crippen molar-refractivity contribution in [2.24, 2.45) is 4.99 Å². The first-order valence-electron chi connectivity index (χ1n) is 27.7. The molecule has 3 aromatic carbocycles. The van der Waals surface area contributed by atoms with Crippen molar-refractivity contribution in [3.05, 3.63) is 193 Å². The van der Waals surface area contributed by atoms with Crippen molar-refractivity contribution < 1.29 is 19.2 Å². The second-order valence-electron chi connectivity index (χ2n) is 20.7. The highest BCUT2D eigenvalue weighted by molar-refractivity contribution is 6.16. The van der Waals surface area contributed by atoms with Crippen LogP contribution in [0.1, 0.15) is 66.0 Å². The van der Waals surface area contributed by atoms with Crippen molar-refractivity contribution in [2.45, 2.75) is 52.5 Å². The highest BCUT2D eigenvalue weighted by atomic mass is 16.5. The minimum Gasteiger partial charge on any atom is -0.497 e. The molecule has 0 atom stereocenters. The highest BCUT2D eigenvalue weighted by Gasteiger charge is 2.21. The number of aromatic nitrogens is 9. The van der Waals surface area contributed by atoms with Gasteiger partial charge in [-0.3, -0.25) is 24.7 Å². The van der Waals surface area contributed by atoms with E-state index >= 15 is 0 Å². The number of aliphatic hydroxyl groups is 1. The van der Waals surface area contributed by atoms with Crippen LogP contribution >= 0.6 is 0 Å². The van der Waals surface area contributed by atoms with Gasteiger partial charge in [-0.2, -0.15) is 0 Å². The molecular weight excluding hydrogens is 1020 g/mol. The summed E-state index contributed by atoms with van der Waals surface area (Å²) in [5.41, 5.74) is 19.5. The Balaban J connectivity index is 0.730. The van der Waals surface area contributed by atoms with Crippen LogP contribution in [-0.4, -0.2) is 70.4 Å². The molecule has 8 aromatic heterocycles. The molecule has 14 nitrogen and oxygen atoms in total. The maximum absolute atomic E-state index is 13.3. The number of aryl methyl sites for hydroxylation is 3. The molecular formula is C68H58N11O3+. The third kappa shape index (κ3) is 9.95. The van der Waals surface area contributed by atoms with Crippen LogP contribution in [0.5, 0.6) is 5.75 Å². The largest absolute Gasteiger partial charge is 0.497 e. The van der Waals surface area contributed by atoms with Gasteiger partial charge in [-0.15, -0.1) is 0 Å². The molecule has 82 heavy (non-hydrogen) atoms. The molecule has 402 valence electrons. The van der Waals surface area contributed by atoms with Gasteiger partial charge in [0.1, 0.15) is 12.3 Å². The van der Waals surface area contributed by atoms with E-state index in [1.165, 1.54) is 27.3 Å². The molecule has 2 aliphatic rings. The summed E-state index contributed by atoms with van der Waals surface area (Å²) in [6.45, 7) is 5.55. The van der Waals surface area contributed by atoms with Crippen molar-refractivity contribution in [2.75, 3.05) is 19.0 Å². The van der Waals surface area contributed by atoms with Gasteiger partial charge in [-0.05, 0) is 181 Å². The number of rotatable bonds is 15. The number of anilines is 1. The SMILES string of the molecule is COc1ccc2[nH]c3c(C)c4cc[n+](CCCCC(O)=NCCCC(=O)Nc5ccc(-c6c7nc(c(-c8ccncc8)c8nc(c(-c9ccncc9)c9ccc([nH]9)c(-c9ccncc9)c9ccc6[nH]9)C=C8)C=C7)cc5)cc4c(C)c3c2c1. The minimum atomic E-state index is -0.125. The molecule has 2 aliphatic heterocycles. The molecule has 11 aromatic rings. The number of carbonyl (C=O) groups is 1. The fraction of sp³-hybridized carbons (Fsp3) is 0.147. The quantitative estimate of drug-likeness (QED) is 0.0290. The zero-order valence-electron chi connectivity index (χ0n) is 45.7. The van der Waals surface area contributed by atoms with E-state index in [4.69, 9.17) is 14.7 Å². The summed E-state index contributed by atoms with van der Waals surface area (Å²) in [6.07, 6.45) is 26.3. The third-order valence-electron chi connectivity index (χ3n) is 15.6. The van der Waals surface area contributed by atoms with Crippen molar-refractivity contribution in [3.63, 3.8) is 0 Å². The summed E-state index contributed by atoms with van der Waals surface area (Å²) < 4.78 is 7.79. The first-order valence-corrected chi connectivity index (χ1v) is 27.7. The number of hydrogen-bond acceptors (Lipinski definition) is 8. The third-order valence-corrected chi connectivity index (χ3v) is 15.6. The average Bonchev–Trinajstić information content (AvgIpc) is 4.33. The summed E-state index contributed by atoms with van der Waals surface area (Å²) in [4.78, 5) is 52.7. The lowest BCUT2D eigenvalue weighted by Gasteiger charge is -2.09. The molecule has 0 aliphatic carbocycles. The van der Waals surface area contributed by atoms with Gasteiger partial charge in [0.05, 0.1) is 35.4 Å². The van der Waals surface area contributed by atoms with Crippen LogP contribution in [0.4, 0.5) is 5.69 Å². The topological polar surface area (TPSA) is 187 Å². The Kier molecular flexibility index (Phi) is 13.8. The van der Waals surface area contributed by atoms with E-state index in [0.29, 0.717) is 25.1 Å². The molecule has 1 amide bonds. The smallest absolute Gasteiger partial charge is 0.224 e. The Labute approximate surface area is 472 Å². The number of methoxy groups -OCH3 is 1. The molecule has 0 fully saturated rings. The van der Waals surface area contributed by atoms with Crippen LogP contribution in [0.2, 0.25) is 0 Å². The zero-order valence-corrected chi connectivity index (χ0v) is 45.7. The molecule has 5 N–H and O–H groups in total. The minimum absolute atomic E-state index is 0.118. The second kappa shape index (κ2) is 22.1. The van der Waals surface area contributed by atoms with E-state index in [0.717, 1.165) is 131 Å². The number of H-pyrrole nitrogens is 3. The highest BCUT2D eigenvalue weighted by Crippen LogP contribution is 2.40. The number of aliphatic hydroxyl groups excluding tert-OH is 1. The number of fused-ring (bicyclic) bond motifs is 12. The van der Waals surface area contributed by atoms with Gasteiger partial charge in [0.25, 0.3) is 0 Å². The molecule has 0 saturated carbocycles. The average molecular weight is 1080 g/mol. The molecule has 10 heterocycles. The van der Waals surface area contributed by atoms with Crippen molar-refractivity contribution in [1.82, 2.24) is 39.9 Å². The Hall–Kier alpha value is -10.3. The lowest BCUT2D eigenvalue weighted by Crippen LogP contribution is -2.32. The summed E-state index contributed by atoms with van der Waals surface area (Å²) in [6, 6.07) is 36.7. The Morgan fingerprint density at radius 1 is 0.561 bits per heavy atom. The molecule has 8 bridgehead atoms. The Bertz CT molecular complexity index is 4540. The molecule has 0 saturated heterocycles. The van der Waals surface area contributed by atoms with Crippen LogP contribution in [0.15, 0.2) is 164 Å². The van der Waals surface area contributed by atoms with Crippen LogP contribution < -0.4 is 14.6 Å². The maximum atomic E-state index is 13.3. The van der Waals surface area contributed by atoms with Gasteiger partial charge in [0, 0.05) is 141 Å². The summed E-state index contributed by atoms with van der Waals surface area (Å²) in [7, 11) is 1.70. The lowest BCUT2D eigenvalue weighted by atomic mass is 9.97. The number of unbranched alkanes of at least 4 members (excludes halogenated alkanes) is 1. The van der Waals surface area contributed by atoms with Crippen LogP contribution in [-0.2, 0) is 11.3 Å². The summed E-state index contributed by atoms with van der Waals surface area (Å²) >= 11 is 0. The monoisotopic (exact) mass is 1080 g/mol. The number of pyridine rings is 4. The van der Waals surface area contributed by atoms with Gasteiger partial charge >= 0.3 is 0 Å². The van der Waals surface area contributed by atoms with E-state index in [2.05, 4.69) is 132 Å². The van der Waals surface area contributed by atoms with E-state index in [9.17, 15) is 9.90 Å².